The maximum atomic E-state index is 11.1. The number of phenols is 1. The second kappa shape index (κ2) is 13.4. The van der Waals surface area contributed by atoms with Crippen LogP contribution in [0.5, 0.6) is 11.5 Å². The number of aldehydes is 1. The lowest BCUT2D eigenvalue weighted by molar-refractivity contribution is -0.104. The van der Waals surface area contributed by atoms with Crippen molar-refractivity contribution in [2.24, 2.45) is 4.99 Å². The normalized spacial score (nSPS) is 12.3. The van der Waals surface area contributed by atoms with Gasteiger partial charge >= 0.3 is 0 Å². The Morgan fingerprint density at radius 1 is 1.28 bits per heavy atom. The van der Waals surface area contributed by atoms with Gasteiger partial charge in [0.25, 0.3) is 0 Å². The Kier molecular flexibility index (Phi) is 11.2. The molecule has 1 aromatic rings. The Morgan fingerprint density at radius 2 is 2.03 bits per heavy atom. The Morgan fingerprint density at radius 3 is 2.59 bits per heavy atom. The number of aliphatic imine (C=N–C) groups is 1. The van der Waals surface area contributed by atoms with Crippen LogP contribution in [-0.2, 0) is 4.79 Å². The second-order valence-corrected chi connectivity index (χ2v) is 6.68. The first kappa shape index (κ1) is 24.2. The topological polar surface area (TPSA) is 62.1 Å². The van der Waals surface area contributed by atoms with Crippen LogP contribution >= 0.6 is 0 Å². The summed E-state index contributed by atoms with van der Waals surface area (Å²) in [6.07, 6.45) is 10.2. The molecule has 0 heterocycles. The standard InChI is InChI=1S/C24H34N2O3/c1-6-9-10-14-26(8-3)19(4)16-20(7-2)18-25-22(13-15-27)21-11-12-24(29-5)23(28)17-21/h11-13,15-18,28H,4,6-10,14H2,1-3,5H3/b20-16-,22-13-,25-18-. The van der Waals surface area contributed by atoms with Crippen LogP contribution in [0, 0.1) is 0 Å². The Balaban J connectivity index is 3.02. The molecule has 0 unspecified atom stereocenters. The summed E-state index contributed by atoms with van der Waals surface area (Å²) >= 11 is 0. The minimum absolute atomic E-state index is 0.00213. The zero-order valence-corrected chi connectivity index (χ0v) is 18.1. The molecule has 1 rings (SSSR count). The molecule has 5 heteroatoms. The molecule has 0 aliphatic rings. The van der Waals surface area contributed by atoms with E-state index in [0.29, 0.717) is 23.3 Å². The molecule has 0 radical (unpaired) electrons. The van der Waals surface area contributed by atoms with E-state index < -0.39 is 0 Å². The van der Waals surface area contributed by atoms with E-state index in [0.717, 1.165) is 37.2 Å². The van der Waals surface area contributed by atoms with Crippen LogP contribution in [0.15, 0.2) is 53.2 Å². The molecule has 0 spiro atoms. The van der Waals surface area contributed by atoms with Crippen LogP contribution in [0.4, 0.5) is 0 Å². The molecule has 1 N–H and O–H groups in total. The molecule has 0 atom stereocenters. The molecule has 158 valence electrons. The fourth-order valence-corrected chi connectivity index (χ4v) is 2.87. The molecule has 0 fully saturated rings. The number of nitrogens with zero attached hydrogens (tertiary/aromatic N) is 2. The molecular formula is C24H34N2O3. The lowest BCUT2D eigenvalue weighted by atomic mass is 10.1. The van der Waals surface area contributed by atoms with E-state index in [-0.39, 0.29) is 5.75 Å². The Hall–Kier alpha value is -2.82. The molecule has 0 bridgehead atoms. The summed E-state index contributed by atoms with van der Waals surface area (Å²) < 4.78 is 5.07. The van der Waals surface area contributed by atoms with Crippen molar-refractivity contribution >= 4 is 18.2 Å². The van der Waals surface area contributed by atoms with Gasteiger partial charge in [0.15, 0.2) is 11.5 Å². The van der Waals surface area contributed by atoms with E-state index >= 15 is 0 Å². The van der Waals surface area contributed by atoms with Crippen molar-refractivity contribution in [3.8, 4) is 11.5 Å². The van der Waals surface area contributed by atoms with Crippen molar-refractivity contribution in [2.45, 2.75) is 46.5 Å². The first-order valence-corrected chi connectivity index (χ1v) is 10.2. The predicted octanol–water partition coefficient (Wildman–Crippen LogP) is 5.37. The number of hydrogen-bond acceptors (Lipinski definition) is 5. The van der Waals surface area contributed by atoms with Gasteiger partial charge in [0.1, 0.15) is 6.29 Å². The predicted molar refractivity (Wildman–Crippen MR) is 121 cm³/mol. The fraction of sp³-hybridized carbons (Fsp3) is 0.417. The fourth-order valence-electron chi connectivity index (χ4n) is 2.87. The number of rotatable bonds is 13. The number of likely N-dealkylation sites (N-methyl/N-ethyl adjacent to an activating group) is 1. The third-order valence-corrected chi connectivity index (χ3v) is 4.65. The monoisotopic (exact) mass is 398 g/mol. The molecule has 0 saturated heterocycles. The largest absolute Gasteiger partial charge is 0.504 e. The number of unbranched alkanes of at least 4 members (excludes halogenated alkanes) is 2. The maximum absolute atomic E-state index is 11.1. The number of allylic oxidation sites excluding steroid dienone is 3. The second-order valence-electron chi connectivity index (χ2n) is 6.68. The van der Waals surface area contributed by atoms with Crippen molar-refractivity contribution < 1.29 is 14.6 Å². The van der Waals surface area contributed by atoms with Gasteiger partial charge < -0.3 is 14.7 Å². The van der Waals surface area contributed by atoms with E-state index in [4.69, 9.17) is 4.74 Å². The third kappa shape index (κ3) is 7.98. The van der Waals surface area contributed by atoms with Gasteiger partial charge in [-0.2, -0.15) is 0 Å². The summed E-state index contributed by atoms with van der Waals surface area (Å²) in [5.41, 5.74) is 3.09. The van der Waals surface area contributed by atoms with Crippen molar-refractivity contribution in [1.29, 1.82) is 0 Å². The summed E-state index contributed by atoms with van der Waals surface area (Å²) in [6.45, 7) is 12.5. The van der Waals surface area contributed by atoms with Crippen LogP contribution < -0.4 is 4.74 Å². The number of phenolic OH excluding ortho intramolecular Hbond substituents is 1. The van der Waals surface area contributed by atoms with Gasteiger partial charge in [-0.15, -0.1) is 0 Å². The first-order chi connectivity index (χ1) is 14.0. The van der Waals surface area contributed by atoms with E-state index in [1.54, 1.807) is 18.3 Å². The van der Waals surface area contributed by atoms with Crippen LogP contribution in [0.25, 0.3) is 5.70 Å². The number of carbonyl (C=O) groups is 1. The molecule has 0 aliphatic carbocycles. The van der Waals surface area contributed by atoms with Gasteiger partial charge in [-0.25, -0.2) is 0 Å². The molecule has 29 heavy (non-hydrogen) atoms. The minimum Gasteiger partial charge on any atom is -0.504 e. The Bertz CT molecular complexity index is 763. The lowest BCUT2D eigenvalue weighted by Gasteiger charge is -2.23. The minimum atomic E-state index is 0.00213. The number of ether oxygens (including phenoxy) is 1. The van der Waals surface area contributed by atoms with Crippen molar-refractivity contribution in [1.82, 2.24) is 4.90 Å². The average Bonchev–Trinajstić information content (AvgIpc) is 2.72. The van der Waals surface area contributed by atoms with Crippen LogP contribution in [-0.4, -0.2) is 42.7 Å². The molecular weight excluding hydrogens is 364 g/mol. The summed E-state index contributed by atoms with van der Waals surface area (Å²) in [5, 5.41) is 10.0. The summed E-state index contributed by atoms with van der Waals surface area (Å²) in [4.78, 5) is 17.8. The van der Waals surface area contributed by atoms with E-state index in [1.807, 2.05) is 6.08 Å². The number of aromatic hydroxyl groups is 1. The quantitative estimate of drug-likeness (QED) is 0.159. The SMILES string of the molecule is C=C(\C=C(/C=N\C(=C/C=O)c1ccc(OC)c(O)c1)CC)N(CC)CCCCC. The zero-order chi connectivity index (χ0) is 21.6. The van der Waals surface area contributed by atoms with Crippen LogP contribution in [0.2, 0.25) is 0 Å². The van der Waals surface area contributed by atoms with E-state index in [9.17, 15) is 9.90 Å². The zero-order valence-electron chi connectivity index (χ0n) is 18.1. The van der Waals surface area contributed by atoms with Crippen molar-refractivity contribution in [3.63, 3.8) is 0 Å². The highest BCUT2D eigenvalue weighted by Gasteiger charge is 2.07. The van der Waals surface area contributed by atoms with Gasteiger partial charge in [0.2, 0.25) is 0 Å². The number of benzene rings is 1. The van der Waals surface area contributed by atoms with Gasteiger partial charge in [-0.1, -0.05) is 33.3 Å². The molecule has 5 nitrogen and oxygen atoms in total. The van der Waals surface area contributed by atoms with E-state index in [1.165, 1.54) is 32.1 Å². The number of hydrogen-bond donors (Lipinski definition) is 1. The third-order valence-electron chi connectivity index (χ3n) is 4.65. The first-order valence-electron chi connectivity index (χ1n) is 10.2. The number of carbonyl (C=O) groups excluding carboxylic acids is 1. The van der Waals surface area contributed by atoms with Gasteiger partial charge in [-0.3, -0.25) is 9.79 Å². The van der Waals surface area contributed by atoms with Gasteiger partial charge in [0.05, 0.1) is 12.8 Å². The van der Waals surface area contributed by atoms with Gasteiger partial charge in [-0.05, 0) is 49.6 Å². The number of methoxy groups -OCH3 is 1. The van der Waals surface area contributed by atoms with Gasteiger partial charge in [0, 0.05) is 36.6 Å². The van der Waals surface area contributed by atoms with Crippen molar-refractivity contribution in [3.05, 3.63) is 53.8 Å². The van der Waals surface area contributed by atoms with E-state index in [2.05, 4.69) is 37.2 Å². The van der Waals surface area contributed by atoms with Crippen LogP contribution in [0.1, 0.15) is 52.0 Å². The van der Waals surface area contributed by atoms with Crippen LogP contribution in [0.3, 0.4) is 0 Å². The highest BCUT2D eigenvalue weighted by Crippen LogP contribution is 2.29. The molecule has 1 aromatic carbocycles. The van der Waals surface area contributed by atoms with Crippen molar-refractivity contribution in [2.75, 3.05) is 20.2 Å². The summed E-state index contributed by atoms with van der Waals surface area (Å²) in [7, 11) is 1.49. The highest BCUT2D eigenvalue weighted by atomic mass is 16.5. The molecule has 0 aliphatic heterocycles. The summed E-state index contributed by atoms with van der Waals surface area (Å²) in [5.74, 6) is 0.374. The summed E-state index contributed by atoms with van der Waals surface area (Å²) in [6, 6.07) is 4.94. The molecule has 0 saturated carbocycles. The maximum Gasteiger partial charge on any atom is 0.160 e. The lowest BCUT2D eigenvalue weighted by Crippen LogP contribution is -2.22. The molecule has 0 amide bonds. The highest BCUT2D eigenvalue weighted by molar-refractivity contribution is 5.89. The smallest absolute Gasteiger partial charge is 0.160 e. The Labute approximate surface area is 175 Å². The average molecular weight is 399 g/mol. The molecule has 0 aromatic heterocycles.